The van der Waals surface area contributed by atoms with Gasteiger partial charge in [-0.15, -0.1) is 0 Å². The molecule has 82 valence electrons. The fraction of sp³-hybridized carbons (Fsp3) is 0.0769. The maximum absolute atomic E-state index is 13.6. The highest BCUT2D eigenvalue weighted by molar-refractivity contribution is 6.30. The van der Waals surface area contributed by atoms with Crippen LogP contribution in [-0.4, -0.2) is 5.11 Å². The highest BCUT2D eigenvalue weighted by Crippen LogP contribution is 2.29. The van der Waals surface area contributed by atoms with Gasteiger partial charge in [0.2, 0.25) is 0 Å². The van der Waals surface area contributed by atoms with E-state index in [4.69, 9.17) is 11.6 Å². The fourth-order valence-electron chi connectivity index (χ4n) is 1.50. The summed E-state index contributed by atoms with van der Waals surface area (Å²) in [4.78, 5) is 0. The molecule has 0 atom stereocenters. The molecule has 0 spiro atoms. The molecule has 0 aliphatic heterocycles. The van der Waals surface area contributed by atoms with Crippen molar-refractivity contribution in [3.8, 4) is 16.9 Å². The molecule has 16 heavy (non-hydrogen) atoms. The highest BCUT2D eigenvalue weighted by Gasteiger charge is 2.07. The number of aromatic hydroxyl groups is 1. The second-order valence-electron chi connectivity index (χ2n) is 3.63. The Morgan fingerprint density at radius 3 is 2.50 bits per heavy atom. The van der Waals surface area contributed by atoms with Crippen LogP contribution in [0, 0.1) is 12.7 Å². The Labute approximate surface area is 98.1 Å². The molecule has 2 rings (SSSR count). The number of aryl methyl sites for hydroxylation is 1. The van der Waals surface area contributed by atoms with Gasteiger partial charge in [0, 0.05) is 10.6 Å². The van der Waals surface area contributed by atoms with Gasteiger partial charge in [-0.05, 0) is 42.3 Å². The maximum atomic E-state index is 13.6. The molecule has 1 N–H and O–H groups in total. The molecule has 0 heterocycles. The van der Waals surface area contributed by atoms with Gasteiger partial charge in [0.05, 0.1) is 0 Å². The SMILES string of the molecule is Cc1ccc(-c2ccc(Cl)cc2F)cc1O. The molecule has 2 aromatic rings. The normalized spacial score (nSPS) is 10.4. The molecule has 0 saturated carbocycles. The summed E-state index contributed by atoms with van der Waals surface area (Å²) in [7, 11) is 0. The van der Waals surface area contributed by atoms with Crippen molar-refractivity contribution in [1.29, 1.82) is 0 Å². The van der Waals surface area contributed by atoms with Gasteiger partial charge in [0.1, 0.15) is 11.6 Å². The van der Waals surface area contributed by atoms with Gasteiger partial charge in [0.15, 0.2) is 0 Å². The lowest BCUT2D eigenvalue weighted by Gasteiger charge is -2.06. The molecule has 0 bridgehead atoms. The van der Waals surface area contributed by atoms with Crippen LogP contribution in [0.25, 0.3) is 11.1 Å². The van der Waals surface area contributed by atoms with E-state index in [0.717, 1.165) is 5.56 Å². The Hall–Kier alpha value is -1.54. The van der Waals surface area contributed by atoms with Crippen molar-refractivity contribution >= 4 is 11.6 Å². The van der Waals surface area contributed by atoms with Crippen LogP contribution in [0.1, 0.15) is 5.56 Å². The average Bonchev–Trinajstić information content (AvgIpc) is 2.22. The number of benzene rings is 2. The standard InChI is InChI=1S/C13H10ClFO/c1-8-2-3-9(6-13(8)16)11-5-4-10(14)7-12(11)15/h2-7,16H,1H3. The van der Waals surface area contributed by atoms with Gasteiger partial charge >= 0.3 is 0 Å². The van der Waals surface area contributed by atoms with Crippen molar-refractivity contribution < 1.29 is 9.50 Å². The van der Waals surface area contributed by atoms with E-state index in [9.17, 15) is 9.50 Å². The van der Waals surface area contributed by atoms with Crippen LogP contribution in [0.5, 0.6) is 5.75 Å². The minimum absolute atomic E-state index is 0.159. The van der Waals surface area contributed by atoms with E-state index in [0.29, 0.717) is 16.1 Å². The lowest BCUT2D eigenvalue weighted by Crippen LogP contribution is -1.85. The summed E-state index contributed by atoms with van der Waals surface area (Å²) in [5.74, 6) is -0.234. The minimum Gasteiger partial charge on any atom is -0.508 e. The average molecular weight is 237 g/mol. The predicted octanol–water partition coefficient (Wildman–Crippen LogP) is 4.16. The van der Waals surface area contributed by atoms with E-state index in [1.807, 2.05) is 0 Å². The van der Waals surface area contributed by atoms with Gasteiger partial charge in [0.25, 0.3) is 0 Å². The Balaban J connectivity index is 2.54. The van der Waals surface area contributed by atoms with Crippen LogP contribution in [0.4, 0.5) is 4.39 Å². The van der Waals surface area contributed by atoms with Crippen molar-refractivity contribution in [3.05, 3.63) is 52.8 Å². The first-order chi connectivity index (χ1) is 7.58. The van der Waals surface area contributed by atoms with Crippen molar-refractivity contribution in [3.63, 3.8) is 0 Å². The van der Waals surface area contributed by atoms with E-state index < -0.39 is 5.82 Å². The molecular weight excluding hydrogens is 227 g/mol. The van der Waals surface area contributed by atoms with E-state index in [1.165, 1.54) is 6.07 Å². The molecule has 0 amide bonds. The van der Waals surface area contributed by atoms with Crippen LogP contribution in [0.15, 0.2) is 36.4 Å². The zero-order valence-electron chi connectivity index (χ0n) is 8.67. The summed E-state index contributed by atoms with van der Waals surface area (Å²) in [5, 5.41) is 9.92. The lowest BCUT2D eigenvalue weighted by molar-refractivity contribution is 0.471. The second-order valence-corrected chi connectivity index (χ2v) is 4.06. The lowest BCUT2D eigenvalue weighted by atomic mass is 10.0. The Morgan fingerprint density at radius 1 is 1.12 bits per heavy atom. The largest absolute Gasteiger partial charge is 0.508 e. The predicted molar refractivity (Wildman–Crippen MR) is 63.2 cm³/mol. The first-order valence-corrected chi connectivity index (χ1v) is 5.21. The Morgan fingerprint density at radius 2 is 1.88 bits per heavy atom. The van der Waals surface area contributed by atoms with Crippen molar-refractivity contribution in [2.24, 2.45) is 0 Å². The van der Waals surface area contributed by atoms with Crippen molar-refractivity contribution in [1.82, 2.24) is 0 Å². The third kappa shape index (κ3) is 2.02. The van der Waals surface area contributed by atoms with Gasteiger partial charge < -0.3 is 5.11 Å². The number of hydrogen-bond donors (Lipinski definition) is 1. The van der Waals surface area contributed by atoms with Gasteiger partial charge in [-0.3, -0.25) is 0 Å². The molecular formula is C13H10ClFO. The summed E-state index contributed by atoms with van der Waals surface area (Å²) < 4.78 is 13.6. The van der Waals surface area contributed by atoms with Gasteiger partial charge in [-0.2, -0.15) is 0 Å². The zero-order valence-corrected chi connectivity index (χ0v) is 9.42. The van der Waals surface area contributed by atoms with Gasteiger partial charge in [-0.25, -0.2) is 4.39 Å². The van der Waals surface area contributed by atoms with E-state index >= 15 is 0 Å². The monoisotopic (exact) mass is 236 g/mol. The van der Waals surface area contributed by atoms with Crippen molar-refractivity contribution in [2.75, 3.05) is 0 Å². The van der Waals surface area contributed by atoms with Crippen LogP contribution < -0.4 is 0 Å². The Bertz CT molecular complexity index is 537. The van der Waals surface area contributed by atoms with E-state index in [-0.39, 0.29) is 5.75 Å². The fourth-order valence-corrected chi connectivity index (χ4v) is 1.66. The van der Waals surface area contributed by atoms with Crippen LogP contribution in [-0.2, 0) is 0 Å². The molecule has 0 aromatic heterocycles. The number of halogens is 2. The highest BCUT2D eigenvalue weighted by atomic mass is 35.5. The maximum Gasteiger partial charge on any atom is 0.132 e. The number of rotatable bonds is 1. The summed E-state index contributed by atoms with van der Waals surface area (Å²) >= 11 is 5.67. The molecule has 0 fully saturated rings. The first kappa shape index (κ1) is 11.0. The molecule has 0 aliphatic rings. The molecule has 2 aromatic carbocycles. The summed E-state index contributed by atoms with van der Waals surface area (Å²) in [5.41, 5.74) is 1.83. The topological polar surface area (TPSA) is 20.2 Å². The second kappa shape index (κ2) is 4.14. The number of phenols is 1. The summed E-state index contributed by atoms with van der Waals surface area (Å²) in [6.07, 6.45) is 0. The third-order valence-electron chi connectivity index (χ3n) is 2.45. The van der Waals surface area contributed by atoms with E-state index in [1.54, 1.807) is 37.3 Å². The summed E-state index contributed by atoms with van der Waals surface area (Å²) in [6, 6.07) is 9.54. The third-order valence-corrected chi connectivity index (χ3v) is 2.69. The smallest absolute Gasteiger partial charge is 0.132 e. The molecule has 0 radical (unpaired) electrons. The van der Waals surface area contributed by atoms with E-state index in [2.05, 4.69) is 0 Å². The number of hydrogen-bond acceptors (Lipinski definition) is 1. The van der Waals surface area contributed by atoms with Crippen LogP contribution >= 0.6 is 11.6 Å². The molecule has 0 saturated heterocycles. The zero-order chi connectivity index (χ0) is 11.7. The van der Waals surface area contributed by atoms with Crippen LogP contribution in [0.3, 0.4) is 0 Å². The van der Waals surface area contributed by atoms with Crippen molar-refractivity contribution in [2.45, 2.75) is 6.92 Å². The van der Waals surface area contributed by atoms with Gasteiger partial charge in [-0.1, -0.05) is 23.7 Å². The first-order valence-electron chi connectivity index (χ1n) is 4.83. The molecule has 0 aliphatic carbocycles. The molecule has 3 heteroatoms. The molecule has 0 unspecified atom stereocenters. The summed E-state index contributed by atoms with van der Waals surface area (Å²) in [6.45, 7) is 1.79. The molecule has 1 nitrogen and oxygen atoms in total. The van der Waals surface area contributed by atoms with Crippen LogP contribution in [0.2, 0.25) is 5.02 Å². The quantitative estimate of drug-likeness (QED) is 0.788. The number of phenolic OH excluding ortho intramolecular Hbond substituents is 1. The Kier molecular flexibility index (Phi) is 2.84. The minimum atomic E-state index is -0.393.